The molecule has 0 bridgehead atoms. The van der Waals surface area contributed by atoms with Crippen LogP contribution in [0.4, 0.5) is 0 Å². The Balaban J connectivity index is 2.70. The molecule has 0 aliphatic rings. The highest BCUT2D eigenvalue weighted by atomic mass is 16.5. The third-order valence-corrected chi connectivity index (χ3v) is 1.54. The summed E-state index contributed by atoms with van der Waals surface area (Å²) in [6.07, 6.45) is 0.0738. The van der Waals surface area contributed by atoms with Crippen molar-refractivity contribution in [3.8, 4) is 0 Å². The summed E-state index contributed by atoms with van der Waals surface area (Å²) >= 11 is 0. The van der Waals surface area contributed by atoms with Gasteiger partial charge in [-0.05, 0) is 12.3 Å². The number of hydrogen-bond acceptors (Lipinski definition) is 4. The predicted octanol–water partition coefficient (Wildman–Crippen LogP) is 1.71. The van der Waals surface area contributed by atoms with Crippen molar-refractivity contribution in [1.29, 1.82) is 0 Å². The molecule has 0 saturated carbocycles. The van der Waals surface area contributed by atoms with Crippen molar-refractivity contribution in [3.63, 3.8) is 0 Å². The van der Waals surface area contributed by atoms with E-state index in [-0.39, 0.29) is 5.41 Å². The number of aliphatic hydroxyl groups excluding tert-OH is 1. The second-order valence-corrected chi connectivity index (χ2v) is 4.46. The Labute approximate surface area is 78.0 Å². The van der Waals surface area contributed by atoms with Crippen LogP contribution in [-0.2, 0) is 6.42 Å². The molecule has 1 unspecified atom stereocenters. The van der Waals surface area contributed by atoms with Crippen LogP contribution in [0.3, 0.4) is 0 Å². The number of aromatic nitrogens is 2. The molecule has 0 fully saturated rings. The molecule has 1 atom stereocenters. The third kappa shape index (κ3) is 3.14. The molecule has 4 heteroatoms. The van der Waals surface area contributed by atoms with Crippen LogP contribution >= 0.6 is 0 Å². The average Bonchev–Trinajstić information content (AvgIpc) is 2.31. The van der Waals surface area contributed by atoms with Gasteiger partial charge < -0.3 is 9.63 Å². The van der Waals surface area contributed by atoms with Gasteiger partial charge in [0, 0.05) is 6.42 Å². The van der Waals surface area contributed by atoms with Gasteiger partial charge >= 0.3 is 0 Å². The van der Waals surface area contributed by atoms with Crippen LogP contribution in [-0.4, -0.2) is 15.2 Å². The smallest absolute Gasteiger partial charge is 0.227 e. The molecule has 0 saturated heterocycles. The van der Waals surface area contributed by atoms with Crippen LogP contribution < -0.4 is 0 Å². The summed E-state index contributed by atoms with van der Waals surface area (Å²) in [6.45, 7) is 7.91. The minimum atomic E-state index is -0.655. The Morgan fingerprint density at radius 3 is 2.46 bits per heavy atom. The number of nitrogens with zero attached hydrogens (tertiary/aromatic N) is 2. The summed E-state index contributed by atoms with van der Waals surface area (Å²) in [5.41, 5.74) is 0.127. The molecule has 0 aliphatic heterocycles. The summed E-state index contributed by atoms with van der Waals surface area (Å²) in [7, 11) is 0. The Morgan fingerprint density at radius 1 is 1.46 bits per heavy atom. The fraction of sp³-hybridized carbons (Fsp3) is 0.778. The standard InChI is InChI=1S/C9H16N2O2/c1-6(12)8-10-7(13-11-8)5-9(2,3)4/h6,12H,5H2,1-4H3. The van der Waals surface area contributed by atoms with E-state index in [4.69, 9.17) is 9.63 Å². The van der Waals surface area contributed by atoms with Crippen LogP contribution in [0.25, 0.3) is 0 Å². The van der Waals surface area contributed by atoms with Gasteiger partial charge in [0.15, 0.2) is 5.82 Å². The normalized spacial score (nSPS) is 14.5. The van der Waals surface area contributed by atoms with E-state index >= 15 is 0 Å². The zero-order valence-electron chi connectivity index (χ0n) is 8.53. The zero-order valence-corrected chi connectivity index (χ0v) is 8.53. The van der Waals surface area contributed by atoms with E-state index in [9.17, 15) is 0 Å². The van der Waals surface area contributed by atoms with E-state index in [0.29, 0.717) is 11.7 Å². The lowest BCUT2D eigenvalue weighted by Crippen LogP contribution is -2.09. The molecular weight excluding hydrogens is 168 g/mol. The quantitative estimate of drug-likeness (QED) is 0.760. The maximum Gasteiger partial charge on any atom is 0.227 e. The SMILES string of the molecule is CC(O)c1noc(CC(C)(C)C)n1. The predicted molar refractivity (Wildman–Crippen MR) is 48.1 cm³/mol. The first-order chi connectivity index (χ1) is 5.88. The molecule has 1 rings (SSSR count). The Kier molecular flexibility index (Phi) is 2.71. The van der Waals surface area contributed by atoms with Crippen molar-refractivity contribution in [2.75, 3.05) is 0 Å². The molecule has 0 amide bonds. The molecule has 1 N–H and O–H groups in total. The van der Waals surface area contributed by atoms with Gasteiger partial charge in [-0.25, -0.2) is 0 Å². The van der Waals surface area contributed by atoms with Crippen LogP contribution in [0.1, 0.15) is 45.5 Å². The van der Waals surface area contributed by atoms with Crippen LogP contribution in [0.2, 0.25) is 0 Å². The fourth-order valence-corrected chi connectivity index (χ4v) is 0.963. The van der Waals surface area contributed by atoms with Gasteiger partial charge in [-0.15, -0.1) is 0 Å². The van der Waals surface area contributed by atoms with Crippen molar-refractivity contribution >= 4 is 0 Å². The first-order valence-corrected chi connectivity index (χ1v) is 4.39. The topological polar surface area (TPSA) is 59.2 Å². The van der Waals surface area contributed by atoms with Gasteiger partial charge in [0.05, 0.1) is 0 Å². The summed E-state index contributed by atoms with van der Waals surface area (Å²) in [5, 5.41) is 12.8. The zero-order chi connectivity index (χ0) is 10.1. The molecule has 4 nitrogen and oxygen atoms in total. The molecule has 0 aromatic carbocycles. The Hall–Kier alpha value is -0.900. The third-order valence-electron chi connectivity index (χ3n) is 1.54. The molecular formula is C9H16N2O2. The van der Waals surface area contributed by atoms with Gasteiger partial charge in [-0.2, -0.15) is 4.98 Å². The van der Waals surface area contributed by atoms with Crippen molar-refractivity contribution in [2.45, 2.75) is 40.2 Å². The minimum Gasteiger partial charge on any atom is -0.385 e. The van der Waals surface area contributed by atoms with E-state index in [1.807, 2.05) is 0 Å². The summed E-state index contributed by atoms with van der Waals surface area (Å²) in [4.78, 5) is 4.07. The average molecular weight is 184 g/mol. The monoisotopic (exact) mass is 184 g/mol. The molecule has 1 heterocycles. The van der Waals surface area contributed by atoms with Gasteiger partial charge in [-0.1, -0.05) is 25.9 Å². The Morgan fingerprint density at radius 2 is 2.08 bits per heavy atom. The molecule has 0 radical (unpaired) electrons. The van der Waals surface area contributed by atoms with Gasteiger partial charge in [0.1, 0.15) is 6.10 Å². The van der Waals surface area contributed by atoms with Crippen molar-refractivity contribution in [3.05, 3.63) is 11.7 Å². The Bertz CT molecular complexity index is 273. The molecule has 1 aromatic heterocycles. The molecule has 13 heavy (non-hydrogen) atoms. The highest BCUT2D eigenvalue weighted by molar-refractivity contribution is 4.91. The van der Waals surface area contributed by atoms with Gasteiger partial charge in [0.2, 0.25) is 5.89 Å². The van der Waals surface area contributed by atoms with Gasteiger partial charge in [0.25, 0.3) is 0 Å². The molecule has 0 aliphatic carbocycles. The summed E-state index contributed by atoms with van der Waals surface area (Å²) in [5.74, 6) is 0.947. The van der Waals surface area contributed by atoms with Gasteiger partial charge in [-0.3, -0.25) is 0 Å². The summed E-state index contributed by atoms with van der Waals surface area (Å²) < 4.78 is 4.98. The highest BCUT2D eigenvalue weighted by Crippen LogP contribution is 2.20. The number of hydrogen-bond donors (Lipinski definition) is 1. The second-order valence-electron chi connectivity index (χ2n) is 4.46. The lowest BCUT2D eigenvalue weighted by molar-refractivity contribution is 0.184. The van der Waals surface area contributed by atoms with E-state index in [1.165, 1.54) is 0 Å². The molecule has 74 valence electrons. The van der Waals surface area contributed by atoms with Crippen molar-refractivity contribution in [1.82, 2.24) is 10.1 Å². The summed E-state index contributed by atoms with van der Waals surface area (Å²) in [6, 6.07) is 0. The largest absolute Gasteiger partial charge is 0.385 e. The van der Waals surface area contributed by atoms with Crippen molar-refractivity contribution < 1.29 is 9.63 Å². The number of aliphatic hydroxyl groups is 1. The lowest BCUT2D eigenvalue weighted by Gasteiger charge is -2.13. The minimum absolute atomic E-state index is 0.127. The van der Waals surface area contributed by atoms with Crippen LogP contribution in [0.15, 0.2) is 4.52 Å². The van der Waals surface area contributed by atoms with E-state index < -0.39 is 6.10 Å². The van der Waals surface area contributed by atoms with Crippen molar-refractivity contribution in [2.24, 2.45) is 5.41 Å². The number of rotatable bonds is 2. The molecule has 0 spiro atoms. The van der Waals surface area contributed by atoms with Crippen LogP contribution in [0.5, 0.6) is 0 Å². The molecule has 1 aromatic rings. The van der Waals surface area contributed by atoms with E-state index in [0.717, 1.165) is 6.42 Å². The maximum absolute atomic E-state index is 9.15. The van der Waals surface area contributed by atoms with Crippen LogP contribution in [0, 0.1) is 5.41 Å². The highest BCUT2D eigenvalue weighted by Gasteiger charge is 2.17. The second kappa shape index (κ2) is 3.46. The van der Waals surface area contributed by atoms with E-state index in [1.54, 1.807) is 6.92 Å². The first-order valence-electron chi connectivity index (χ1n) is 4.39. The first kappa shape index (κ1) is 10.2. The fourth-order valence-electron chi connectivity index (χ4n) is 0.963. The maximum atomic E-state index is 9.15. The lowest BCUT2D eigenvalue weighted by atomic mass is 9.92. The van der Waals surface area contributed by atoms with E-state index in [2.05, 4.69) is 30.9 Å².